The molecule has 0 saturated carbocycles. The number of hydrogen-bond donors (Lipinski definition) is 1. The Balaban J connectivity index is 1.53. The van der Waals surface area contributed by atoms with Gasteiger partial charge in [0.15, 0.2) is 5.76 Å². The van der Waals surface area contributed by atoms with Crippen molar-refractivity contribution in [2.45, 2.75) is 32.9 Å². The first-order valence-corrected chi connectivity index (χ1v) is 13.4. The van der Waals surface area contributed by atoms with E-state index < -0.39 is 17.7 Å². The van der Waals surface area contributed by atoms with Crippen LogP contribution >= 0.6 is 0 Å². The summed E-state index contributed by atoms with van der Waals surface area (Å²) >= 11 is 0. The number of aromatic nitrogens is 2. The number of hydrogen-bond acceptors (Lipinski definition) is 6. The maximum Gasteiger partial charge on any atom is 0.295 e. The van der Waals surface area contributed by atoms with Gasteiger partial charge in [-0.05, 0) is 75.8 Å². The van der Waals surface area contributed by atoms with Crippen molar-refractivity contribution in [3.8, 4) is 5.75 Å². The summed E-state index contributed by atoms with van der Waals surface area (Å²) in [5.74, 6) is -0.912. The highest BCUT2D eigenvalue weighted by Gasteiger charge is 2.46. The van der Waals surface area contributed by atoms with Gasteiger partial charge in [0, 0.05) is 12.7 Å². The first-order chi connectivity index (χ1) is 19.3. The van der Waals surface area contributed by atoms with Crippen molar-refractivity contribution in [2.24, 2.45) is 0 Å². The van der Waals surface area contributed by atoms with Gasteiger partial charge in [-0.2, -0.15) is 0 Å². The van der Waals surface area contributed by atoms with Crippen LogP contribution in [0.5, 0.6) is 5.75 Å². The second-order valence-electron chi connectivity index (χ2n) is 10.4. The number of ether oxygens (including phenoxy) is 1. The smallest absolute Gasteiger partial charge is 0.295 e. The van der Waals surface area contributed by atoms with Gasteiger partial charge in [-0.1, -0.05) is 48.5 Å². The highest BCUT2D eigenvalue weighted by Crippen LogP contribution is 2.40. The van der Waals surface area contributed by atoms with Gasteiger partial charge in [0.2, 0.25) is 0 Å². The molecule has 1 unspecified atom stereocenters. The molecular formula is C32H34N4O4. The Morgan fingerprint density at radius 3 is 2.40 bits per heavy atom. The van der Waals surface area contributed by atoms with Crippen LogP contribution in [0.15, 0.2) is 78.5 Å². The first kappa shape index (κ1) is 27.1. The summed E-state index contributed by atoms with van der Waals surface area (Å²) in [6, 6.07) is 20.4. The summed E-state index contributed by atoms with van der Waals surface area (Å²) in [6.45, 7) is 5.34. The van der Waals surface area contributed by atoms with Crippen molar-refractivity contribution in [1.29, 1.82) is 0 Å². The van der Waals surface area contributed by atoms with Crippen LogP contribution in [0.4, 0.5) is 0 Å². The molecule has 206 valence electrons. The minimum Gasteiger partial charge on any atom is -0.505 e. The lowest BCUT2D eigenvalue weighted by Crippen LogP contribution is -2.32. The molecule has 0 aliphatic carbocycles. The largest absolute Gasteiger partial charge is 0.505 e. The lowest BCUT2D eigenvalue weighted by molar-refractivity contribution is -0.139. The molecule has 8 nitrogen and oxygen atoms in total. The molecule has 40 heavy (non-hydrogen) atoms. The van der Waals surface area contributed by atoms with Crippen molar-refractivity contribution < 1.29 is 19.4 Å². The molecule has 1 aliphatic rings. The standard InChI is InChI=1S/C32H34N4O4/c1-21-10-8-18-35-22(2)27(33-31(21)35)29(37)26-28(36(32(39)30(26)38)19-9-17-34(3)4)24-13-15-25(16-14-24)40-20-23-11-6-5-7-12-23/h5-8,10-16,18,28,37H,9,17,19-20H2,1-4H3. The number of likely N-dealkylation sites (tertiary alicyclic amines) is 1. The Morgan fingerprint density at radius 1 is 1.00 bits per heavy atom. The summed E-state index contributed by atoms with van der Waals surface area (Å²) in [4.78, 5) is 35.0. The molecule has 4 aromatic rings. The monoisotopic (exact) mass is 538 g/mol. The van der Waals surface area contributed by atoms with Gasteiger partial charge in [-0.15, -0.1) is 0 Å². The van der Waals surface area contributed by atoms with E-state index in [1.165, 1.54) is 0 Å². The van der Waals surface area contributed by atoms with Crippen molar-refractivity contribution in [1.82, 2.24) is 19.2 Å². The van der Waals surface area contributed by atoms with Crippen LogP contribution in [-0.4, -0.2) is 63.2 Å². The predicted molar refractivity (Wildman–Crippen MR) is 154 cm³/mol. The van der Waals surface area contributed by atoms with Crippen molar-refractivity contribution in [2.75, 3.05) is 27.2 Å². The maximum absolute atomic E-state index is 13.5. The molecule has 5 rings (SSSR count). The number of carbonyl (C=O) groups is 2. The van der Waals surface area contributed by atoms with Gasteiger partial charge in [0.25, 0.3) is 11.7 Å². The van der Waals surface area contributed by atoms with E-state index >= 15 is 0 Å². The summed E-state index contributed by atoms with van der Waals surface area (Å²) in [7, 11) is 3.93. The van der Waals surface area contributed by atoms with Crippen LogP contribution in [0.3, 0.4) is 0 Å². The number of nitrogens with zero attached hydrogens (tertiary/aromatic N) is 4. The molecule has 2 aromatic carbocycles. The molecule has 3 heterocycles. The Labute approximate surface area is 234 Å². The van der Waals surface area contributed by atoms with Gasteiger partial charge in [0.1, 0.15) is 23.7 Å². The molecule has 0 bridgehead atoms. The van der Waals surface area contributed by atoms with Crippen LogP contribution in [-0.2, 0) is 16.2 Å². The number of pyridine rings is 1. The van der Waals surface area contributed by atoms with Gasteiger partial charge in [-0.3, -0.25) is 9.59 Å². The summed E-state index contributed by atoms with van der Waals surface area (Å²) in [5, 5.41) is 11.6. The number of aliphatic hydroxyl groups excluding tert-OH is 1. The Bertz CT molecular complexity index is 1570. The molecule has 0 spiro atoms. The van der Waals surface area contributed by atoms with Crippen molar-refractivity contribution in [3.63, 3.8) is 0 Å². The maximum atomic E-state index is 13.5. The minimum atomic E-state index is -0.740. The first-order valence-electron chi connectivity index (χ1n) is 13.4. The molecule has 2 aromatic heterocycles. The van der Waals surface area contributed by atoms with E-state index in [0.29, 0.717) is 42.4 Å². The fourth-order valence-electron chi connectivity index (χ4n) is 5.18. The predicted octanol–water partition coefficient (Wildman–Crippen LogP) is 4.90. The molecule has 1 atom stereocenters. The average Bonchev–Trinajstić information content (AvgIpc) is 3.42. The fraction of sp³-hybridized carbons (Fsp3) is 0.281. The molecular weight excluding hydrogens is 504 g/mol. The summed E-state index contributed by atoms with van der Waals surface area (Å²) in [6.07, 6.45) is 2.55. The number of ketones is 1. The van der Waals surface area contributed by atoms with E-state index in [-0.39, 0.29) is 11.3 Å². The molecule has 0 radical (unpaired) electrons. The lowest BCUT2D eigenvalue weighted by atomic mass is 9.96. The number of carbonyl (C=O) groups excluding carboxylic acids is 2. The number of fused-ring (bicyclic) bond motifs is 1. The van der Waals surface area contributed by atoms with E-state index in [2.05, 4.69) is 4.98 Å². The number of aryl methyl sites for hydroxylation is 2. The number of aliphatic hydroxyl groups is 1. The van der Waals surface area contributed by atoms with Crippen molar-refractivity contribution >= 4 is 23.1 Å². The number of amides is 1. The third-order valence-corrected chi connectivity index (χ3v) is 7.30. The van der Waals surface area contributed by atoms with Gasteiger partial charge in [0.05, 0.1) is 17.3 Å². The number of imidazole rings is 1. The molecule has 1 amide bonds. The van der Waals surface area contributed by atoms with Crippen LogP contribution in [0.2, 0.25) is 0 Å². The highest BCUT2D eigenvalue weighted by atomic mass is 16.5. The van der Waals surface area contributed by atoms with Crippen LogP contribution in [0, 0.1) is 13.8 Å². The van der Waals surface area contributed by atoms with Gasteiger partial charge in [-0.25, -0.2) is 4.98 Å². The SMILES string of the molecule is Cc1cccn2c(C)c(C(O)=C3C(=O)C(=O)N(CCCN(C)C)C3c3ccc(OCc4ccccc4)cc3)nc12. The van der Waals surface area contributed by atoms with Gasteiger partial charge >= 0.3 is 0 Å². The third-order valence-electron chi connectivity index (χ3n) is 7.30. The second-order valence-corrected chi connectivity index (χ2v) is 10.4. The lowest BCUT2D eigenvalue weighted by Gasteiger charge is -2.26. The fourth-order valence-corrected chi connectivity index (χ4v) is 5.18. The molecule has 1 N–H and O–H groups in total. The van der Waals surface area contributed by atoms with E-state index in [9.17, 15) is 14.7 Å². The van der Waals surface area contributed by atoms with E-state index in [1.807, 2.05) is 110 Å². The van der Waals surface area contributed by atoms with E-state index in [0.717, 1.165) is 23.2 Å². The van der Waals surface area contributed by atoms with E-state index in [1.54, 1.807) is 4.90 Å². The normalized spacial score (nSPS) is 16.8. The number of rotatable bonds is 9. The molecule has 1 aliphatic heterocycles. The Morgan fingerprint density at radius 2 is 1.73 bits per heavy atom. The van der Waals surface area contributed by atoms with Crippen molar-refractivity contribution in [3.05, 3.63) is 107 Å². The van der Waals surface area contributed by atoms with Crippen LogP contribution in [0.25, 0.3) is 11.4 Å². The average molecular weight is 539 g/mol. The van der Waals surface area contributed by atoms with E-state index in [4.69, 9.17) is 4.74 Å². The quantitative estimate of drug-likeness (QED) is 0.185. The molecule has 1 saturated heterocycles. The molecule has 1 fully saturated rings. The number of benzene rings is 2. The number of Topliss-reactive ketones (excluding diaryl/α,β-unsaturated/α-hetero) is 1. The van der Waals surface area contributed by atoms with Crippen LogP contribution < -0.4 is 4.74 Å². The molecule has 8 heteroatoms. The van der Waals surface area contributed by atoms with Gasteiger partial charge < -0.3 is 24.0 Å². The highest BCUT2D eigenvalue weighted by molar-refractivity contribution is 6.46. The second kappa shape index (κ2) is 11.4. The zero-order valence-corrected chi connectivity index (χ0v) is 23.3. The zero-order chi connectivity index (χ0) is 28.4. The Kier molecular flexibility index (Phi) is 7.71. The topological polar surface area (TPSA) is 87.4 Å². The zero-order valence-electron chi connectivity index (χ0n) is 23.3. The van der Waals surface area contributed by atoms with Crippen LogP contribution in [0.1, 0.15) is 40.5 Å². The summed E-state index contributed by atoms with van der Waals surface area (Å²) < 4.78 is 7.83. The minimum absolute atomic E-state index is 0.0527. The Hall–Kier alpha value is -4.43. The third kappa shape index (κ3) is 5.22. The summed E-state index contributed by atoms with van der Waals surface area (Å²) in [5.41, 5.74) is 4.45.